The zero-order chi connectivity index (χ0) is 8.59. The molecule has 66 valence electrons. The van der Waals surface area contributed by atoms with Gasteiger partial charge in [0, 0.05) is 0 Å². The second-order valence-corrected chi connectivity index (χ2v) is 2.88. The molecule has 0 saturated carbocycles. The predicted octanol–water partition coefficient (Wildman–Crippen LogP) is -2.94. The number of hydrogen-bond donors (Lipinski definition) is 4. The minimum Gasteiger partial charge on any atom is -0.384 e. The Labute approximate surface area is 64.4 Å². The minimum atomic E-state index is -1.23. The van der Waals surface area contributed by atoms with Crippen molar-refractivity contribution in [1.29, 1.82) is 0 Å². The van der Waals surface area contributed by atoms with Gasteiger partial charge in [-0.3, -0.25) is 0 Å². The molecule has 1 aliphatic heterocycles. The average Bonchev–Trinajstić information content (AvgIpc) is 1.97. The molecule has 1 fully saturated rings. The molecule has 0 unspecified atom stereocenters. The molecule has 1 heterocycles. The fourth-order valence-corrected chi connectivity index (χ4v) is 1.14. The van der Waals surface area contributed by atoms with Crippen molar-refractivity contribution in [3.05, 3.63) is 0 Å². The van der Waals surface area contributed by atoms with Crippen LogP contribution in [0.15, 0.2) is 0 Å². The predicted molar refractivity (Wildman–Crippen MR) is 35.2 cm³/mol. The van der Waals surface area contributed by atoms with Crippen LogP contribution < -0.4 is 5.73 Å². The van der Waals surface area contributed by atoms with E-state index < -0.39 is 30.6 Å². The van der Waals surface area contributed by atoms with E-state index in [2.05, 4.69) is 5.73 Å². The standard InChI is InChI=1S/C6H13NO4/c1-2-4(8)3(7)5(9)6(10)11-2/h2-6,8-10H,7H2,1H3/p+1/t2-,3+,4-,5-,6+/m1/s1. The fraction of sp³-hybridized carbons (Fsp3) is 1.00. The maximum atomic E-state index is 9.28. The molecule has 1 aliphatic rings. The van der Waals surface area contributed by atoms with Crippen molar-refractivity contribution in [2.45, 2.75) is 37.6 Å². The van der Waals surface area contributed by atoms with Crippen molar-refractivity contribution >= 4 is 0 Å². The lowest BCUT2D eigenvalue weighted by atomic mass is 9.98. The largest absolute Gasteiger partial charge is 0.384 e. The molecule has 0 radical (unpaired) electrons. The molecule has 0 aromatic carbocycles. The maximum Gasteiger partial charge on any atom is 0.187 e. The summed E-state index contributed by atoms with van der Waals surface area (Å²) in [6.45, 7) is 1.62. The summed E-state index contributed by atoms with van der Waals surface area (Å²) in [7, 11) is 0. The summed E-state index contributed by atoms with van der Waals surface area (Å²) in [5.41, 5.74) is 3.52. The monoisotopic (exact) mass is 164 g/mol. The smallest absolute Gasteiger partial charge is 0.187 e. The van der Waals surface area contributed by atoms with E-state index >= 15 is 0 Å². The van der Waals surface area contributed by atoms with Crippen LogP contribution in [0, 0.1) is 0 Å². The minimum absolute atomic E-state index is 0.476. The first kappa shape index (κ1) is 8.89. The molecule has 5 atom stereocenters. The second kappa shape index (κ2) is 3.04. The zero-order valence-electron chi connectivity index (χ0n) is 6.34. The Morgan fingerprint density at radius 1 is 1.18 bits per heavy atom. The number of ether oxygens (including phenoxy) is 1. The van der Waals surface area contributed by atoms with Gasteiger partial charge in [0.1, 0.15) is 12.1 Å². The normalized spacial score (nSPS) is 52.6. The van der Waals surface area contributed by atoms with E-state index in [1.54, 1.807) is 6.92 Å². The number of rotatable bonds is 0. The molecule has 1 rings (SSSR count). The lowest BCUT2D eigenvalue weighted by Crippen LogP contribution is -2.77. The first-order valence-corrected chi connectivity index (χ1v) is 3.56. The first-order chi connectivity index (χ1) is 5.04. The van der Waals surface area contributed by atoms with Crippen LogP contribution in [0.4, 0.5) is 0 Å². The molecule has 0 spiro atoms. The number of aliphatic hydroxyl groups excluding tert-OH is 3. The highest BCUT2D eigenvalue weighted by Crippen LogP contribution is 2.16. The summed E-state index contributed by atoms with van der Waals surface area (Å²) < 4.78 is 4.80. The Morgan fingerprint density at radius 3 is 2.27 bits per heavy atom. The lowest BCUT2D eigenvalue weighted by Gasteiger charge is -2.35. The SMILES string of the molecule is C[C@H]1O[C@H](O)[C@H](O)[C@@H]([NH3+])[C@@H]1O. The van der Waals surface area contributed by atoms with Gasteiger partial charge in [0.25, 0.3) is 0 Å². The zero-order valence-corrected chi connectivity index (χ0v) is 6.34. The maximum absolute atomic E-state index is 9.28. The molecular weight excluding hydrogens is 150 g/mol. The van der Waals surface area contributed by atoms with E-state index in [4.69, 9.17) is 14.9 Å². The van der Waals surface area contributed by atoms with Crippen LogP contribution in [-0.2, 0) is 4.74 Å². The molecule has 6 N–H and O–H groups in total. The number of aliphatic hydroxyl groups is 3. The summed E-state index contributed by atoms with van der Waals surface area (Å²) in [6, 6.07) is -0.589. The molecular formula is C6H14NO4+. The lowest BCUT2D eigenvalue weighted by molar-refractivity contribution is -0.485. The second-order valence-electron chi connectivity index (χ2n) is 2.88. The van der Waals surface area contributed by atoms with Crippen LogP contribution in [0.2, 0.25) is 0 Å². The molecule has 0 aliphatic carbocycles. The molecule has 5 nitrogen and oxygen atoms in total. The van der Waals surface area contributed by atoms with E-state index in [0.29, 0.717) is 0 Å². The topological polar surface area (TPSA) is 97.6 Å². The van der Waals surface area contributed by atoms with Gasteiger partial charge in [-0.05, 0) is 6.92 Å². The highest BCUT2D eigenvalue weighted by Gasteiger charge is 2.42. The van der Waals surface area contributed by atoms with Gasteiger partial charge >= 0.3 is 0 Å². The summed E-state index contributed by atoms with van der Waals surface area (Å²) >= 11 is 0. The third kappa shape index (κ3) is 1.52. The summed E-state index contributed by atoms with van der Waals surface area (Å²) in [6.07, 6.45) is -3.61. The fourth-order valence-electron chi connectivity index (χ4n) is 1.14. The molecule has 0 bridgehead atoms. The van der Waals surface area contributed by atoms with Gasteiger partial charge in [-0.2, -0.15) is 0 Å². The van der Waals surface area contributed by atoms with Gasteiger partial charge in [0.2, 0.25) is 0 Å². The van der Waals surface area contributed by atoms with Crippen LogP contribution in [0.3, 0.4) is 0 Å². The quantitative estimate of drug-likeness (QED) is 0.308. The molecule has 1 saturated heterocycles. The van der Waals surface area contributed by atoms with Crippen LogP contribution in [0.5, 0.6) is 0 Å². The van der Waals surface area contributed by atoms with Crippen LogP contribution in [0.25, 0.3) is 0 Å². The Bertz CT molecular complexity index is 129. The van der Waals surface area contributed by atoms with E-state index in [0.717, 1.165) is 0 Å². The summed E-state index contributed by atoms with van der Waals surface area (Å²) in [5.74, 6) is 0. The number of hydrogen-bond acceptors (Lipinski definition) is 4. The van der Waals surface area contributed by atoms with E-state index in [1.165, 1.54) is 0 Å². The van der Waals surface area contributed by atoms with Gasteiger partial charge in [-0.15, -0.1) is 0 Å². The van der Waals surface area contributed by atoms with Gasteiger partial charge in [0.15, 0.2) is 12.4 Å². The van der Waals surface area contributed by atoms with Gasteiger partial charge < -0.3 is 25.8 Å². The Balaban J connectivity index is 2.63. The Kier molecular flexibility index (Phi) is 2.46. The third-order valence-electron chi connectivity index (χ3n) is 2.00. The van der Waals surface area contributed by atoms with Crippen molar-refractivity contribution in [2.24, 2.45) is 0 Å². The molecule has 0 amide bonds. The van der Waals surface area contributed by atoms with Gasteiger partial charge in [-0.1, -0.05) is 0 Å². The third-order valence-corrected chi connectivity index (χ3v) is 2.00. The summed E-state index contributed by atoms with van der Waals surface area (Å²) in [5, 5.41) is 27.4. The van der Waals surface area contributed by atoms with Crippen molar-refractivity contribution in [1.82, 2.24) is 0 Å². The average molecular weight is 164 g/mol. The van der Waals surface area contributed by atoms with Crippen LogP contribution in [0.1, 0.15) is 6.92 Å². The molecule has 5 heteroatoms. The number of quaternary nitrogens is 1. The van der Waals surface area contributed by atoms with E-state index in [9.17, 15) is 5.11 Å². The molecule has 0 aromatic heterocycles. The van der Waals surface area contributed by atoms with Crippen molar-refractivity contribution in [2.75, 3.05) is 0 Å². The van der Waals surface area contributed by atoms with Gasteiger partial charge in [-0.25, -0.2) is 0 Å². The van der Waals surface area contributed by atoms with Crippen LogP contribution in [-0.4, -0.2) is 46.0 Å². The highest BCUT2D eigenvalue weighted by molar-refractivity contribution is 4.85. The van der Waals surface area contributed by atoms with Crippen molar-refractivity contribution in [3.8, 4) is 0 Å². The van der Waals surface area contributed by atoms with Crippen LogP contribution >= 0.6 is 0 Å². The molecule has 0 aromatic rings. The van der Waals surface area contributed by atoms with Crippen molar-refractivity contribution < 1.29 is 25.8 Å². The molecule has 11 heavy (non-hydrogen) atoms. The van der Waals surface area contributed by atoms with E-state index in [1.807, 2.05) is 0 Å². The van der Waals surface area contributed by atoms with E-state index in [-0.39, 0.29) is 0 Å². The summed E-state index contributed by atoms with van der Waals surface area (Å²) in [4.78, 5) is 0. The van der Waals surface area contributed by atoms with Gasteiger partial charge in [0.05, 0.1) is 6.10 Å². The Hall–Kier alpha value is -0.200. The first-order valence-electron chi connectivity index (χ1n) is 3.56. The Morgan fingerprint density at radius 2 is 1.73 bits per heavy atom. The highest BCUT2D eigenvalue weighted by atomic mass is 16.6. The van der Waals surface area contributed by atoms with Crippen molar-refractivity contribution in [3.63, 3.8) is 0 Å².